The molecule has 0 spiro atoms. The molecule has 1 fully saturated rings. The summed E-state index contributed by atoms with van der Waals surface area (Å²) in [6.45, 7) is 3.24. The highest BCUT2D eigenvalue weighted by Gasteiger charge is 2.18. The summed E-state index contributed by atoms with van der Waals surface area (Å²) in [6, 6.07) is 5.16. The van der Waals surface area contributed by atoms with Gasteiger partial charge in [0.25, 0.3) is 0 Å². The summed E-state index contributed by atoms with van der Waals surface area (Å²) in [5, 5.41) is 7.31. The van der Waals surface area contributed by atoms with Gasteiger partial charge >= 0.3 is 0 Å². The van der Waals surface area contributed by atoms with E-state index in [2.05, 4.69) is 22.3 Å². The van der Waals surface area contributed by atoms with Crippen LogP contribution in [0.4, 0.5) is 10.1 Å². The van der Waals surface area contributed by atoms with Gasteiger partial charge in [-0.25, -0.2) is 14.1 Å². The number of hydrogen-bond acceptors (Lipinski definition) is 3. The smallest absolute Gasteiger partial charge is 0.150 e. The van der Waals surface area contributed by atoms with Gasteiger partial charge in [-0.3, -0.25) is 0 Å². The van der Waals surface area contributed by atoms with Gasteiger partial charge in [0.05, 0.1) is 0 Å². The zero-order chi connectivity index (χ0) is 14.7. The average Bonchev–Trinajstić information content (AvgIpc) is 2.99. The summed E-state index contributed by atoms with van der Waals surface area (Å²) in [4.78, 5) is 3.84. The predicted octanol–water partition coefficient (Wildman–Crippen LogP) is 3.64. The molecule has 2 unspecified atom stereocenters. The lowest BCUT2D eigenvalue weighted by Gasteiger charge is -2.27. The molecule has 112 valence electrons. The third-order valence-electron chi connectivity index (χ3n) is 4.25. The first-order valence-electron chi connectivity index (χ1n) is 7.61. The summed E-state index contributed by atoms with van der Waals surface area (Å²) < 4.78 is 15.5. The van der Waals surface area contributed by atoms with Crippen LogP contribution in [0.15, 0.2) is 30.9 Å². The summed E-state index contributed by atoms with van der Waals surface area (Å²) >= 11 is 0. The molecule has 2 aromatic rings. The van der Waals surface area contributed by atoms with E-state index in [1.54, 1.807) is 6.07 Å². The Hall–Kier alpha value is -1.91. The number of anilines is 1. The van der Waals surface area contributed by atoms with Crippen LogP contribution in [0.5, 0.6) is 0 Å². The Labute approximate surface area is 124 Å². The van der Waals surface area contributed by atoms with Gasteiger partial charge in [-0.2, -0.15) is 5.10 Å². The lowest BCUT2D eigenvalue weighted by molar-refractivity contribution is 0.293. The zero-order valence-electron chi connectivity index (χ0n) is 12.3. The number of rotatable bonds is 4. The number of nitrogens with one attached hydrogen (secondary N) is 1. The van der Waals surface area contributed by atoms with Gasteiger partial charge in [-0.05, 0) is 42.9 Å². The van der Waals surface area contributed by atoms with Crippen molar-refractivity contribution in [2.75, 3.05) is 11.9 Å². The minimum atomic E-state index is -0.289. The van der Waals surface area contributed by atoms with Crippen molar-refractivity contribution in [2.45, 2.75) is 32.6 Å². The van der Waals surface area contributed by atoms with Crippen molar-refractivity contribution in [1.29, 1.82) is 0 Å². The molecule has 1 N–H and O–H groups in total. The van der Waals surface area contributed by atoms with Gasteiger partial charge < -0.3 is 5.32 Å². The molecule has 0 aliphatic heterocycles. The Morgan fingerprint density at radius 1 is 1.38 bits per heavy atom. The highest BCUT2D eigenvalue weighted by molar-refractivity contribution is 5.49. The maximum absolute atomic E-state index is 14.1. The van der Waals surface area contributed by atoms with Gasteiger partial charge in [0.2, 0.25) is 0 Å². The first kappa shape index (κ1) is 14.0. The van der Waals surface area contributed by atoms with Crippen molar-refractivity contribution in [3.63, 3.8) is 0 Å². The summed E-state index contributed by atoms with van der Waals surface area (Å²) in [6.07, 6.45) is 8.10. The van der Waals surface area contributed by atoms with Crippen molar-refractivity contribution in [3.8, 4) is 5.69 Å². The quantitative estimate of drug-likeness (QED) is 0.934. The fraction of sp³-hybridized carbons (Fsp3) is 0.500. The second-order valence-electron chi connectivity index (χ2n) is 6.02. The molecule has 1 aliphatic rings. The zero-order valence-corrected chi connectivity index (χ0v) is 12.3. The van der Waals surface area contributed by atoms with Crippen LogP contribution in [-0.4, -0.2) is 21.3 Å². The Morgan fingerprint density at radius 3 is 3.00 bits per heavy atom. The number of nitrogens with zero attached hydrogens (tertiary/aromatic N) is 3. The third-order valence-corrected chi connectivity index (χ3v) is 4.25. The molecule has 0 bridgehead atoms. The minimum Gasteiger partial charge on any atom is -0.385 e. The van der Waals surface area contributed by atoms with Crippen LogP contribution in [-0.2, 0) is 0 Å². The molecule has 1 aliphatic carbocycles. The standard InChI is InChI=1S/C16H21FN4/c1-12-3-2-4-13(7-12)9-19-14-5-6-16(15(17)8-14)21-11-18-10-20-21/h5-6,8,10-13,19H,2-4,7,9H2,1H3. The van der Waals surface area contributed by atoms with E-state index in [9.17, 15) is 4.39 Å². The highest BCUT2D eigenvalue weighted by Crippen LogP contribution is 2.29. The van der Waals surface area contributed by atoms with E-state index in [4.69, 9.17) is 0 Å². The van der Waals surface area contributed by atoms with Crippen LogP contribution in [0.25, 0.3) is 5.69 Å². The van der Waals surface area contributed by atoms with E-state index in [-0.39, 0.29) is 5.82 Å². The summed E-state index contributed by atoms with van der Waals surface area (Å²) in [7, 11) is 0. The second-order valence-corrected chi connectivity index (χ2v) is 6.02. The van der Waals surface area contributed by atoms with E-state index in [1.165, 1.54) is 49.1 Å². The maximum atomic E-state index is 14.1. The molecule has 0 amide bonds. The van der Waals surface area contributed by atoms with Crippen molar-refractivity contribution >= 4 is 5.69 Å². The van der Waals surface area contributed by atoms with Gasteiger partial charge in [0, 0.05) is 12.2 Å². The van der Waals surface area contributed by atoms with Crippen molar-refractivity contribution in [1.82, 2.24) is 14.8 Å². The molecule has 0 saturated heterocycles. The lowest BCUT2D eigenvalue weighted by atomic mass is 9.82. The number of aromatic nitrogens is 3. The summed E-state index contributed by atoms with van der Waals surface area (Å²) in [5.41, 5.74) is 1.25. The van der Waals surface area contributed by atoms with E-state index in [1.807, 2.05) is 6.07 Å². The first-order valence-corrected chi connectivity index (χ1v) is 7.61. The van der Waals surface area contributed by atoms with Gasteiger partial charge in [0.1, 0.15) is 18.3 Å². The fourth-order valence-corrected chi connectivity index (χ4v) is 3.14. The van der Waals surface area contributed by atoms with E-state index in [0.29, 0.717) is 11.6 Å². The van der Waals surface area contributed by atoms with Crippen LogP contribution in [0.3, 0.4) is 0 Å². The first-order chi connectivity index (χ1) is 10.2. The van der Waals surface area contributed by atoms with Crippen LogP contribution in [0.1, 0.15) is 32.6 Å². The molecule has 5 heteroatoms. The lowest BCUT2D eigenvalue weighted by Crippen LogP contribution is -2.21. The predicted molar refractivity (Wildman–Crippen MR) is 80.9 cm³/mol. The fourth-order valence-electron chi connectivity index (χ4n) is 3.14. The molecule has 21 heavy (non-hydrogen) atoms. The topological polar surface area (TPSA) is 42.7 Å². The largest absolute Gasteiger partial charge is 0.385 e. The molecule has 0 radical (unpaired) electrons. The van der Waals surface area contributed by atoms with Crippen molar-refractivity contribution in [2.24, 2.45) is 11.8 Å². The second kappa shape index (κ2) is 6.24. The van der Waals surface area contributed by atoms with E-state index >= 15 is 0 Å². The van der Waals surface area contributed by atoms with Crippen LogP contribution in [0.2, 0.25) is 0 Å². The molecule has 4 nitrogen and oxygen atoms in total. The van der Waals surface area contributed by atoms with Gasteiger partial charge in [-0.15, -0.1) is 0 Å². The molecular formula is C16H21FN4. The number of halogens is 1. The third kappa shape index (κ3) is 3.40. The Morgan fingerprint density at radius 2 is 2.29 bits per heavy atom. The average molecular weight is 288 g/mol. The molecule has 1 heterocycles. The Bertz CT molecular complexity index is 582. The van der Waals surface area contributed by atoms with Gasteiger partial charge in [-0.1, -0.05) is 19.8 Å². The van der Waals surface area contributed by atoms with Crippen LogP contribution < -0.4 is 5.32 Å². The van der Waals surface area contributed by atoms with E-state index < -0.39 is 0 Å². The molecule has 1 aromatic heterocycles. The van der Waals surface area contributed by atoms with Gasteiger partial charge in [0.15, 0.2) is 5.82 Å². The monoisotopic (exact) mass is 288 g/mol. The normalized spacial score (nSPS) is 22.2. The number of hydrogen-bond donors (Lipinski definition) is 1. The molecule has 1 saturated carbocycles. The van der Waals surface area contributed by atoms with Crippen LogP contribution in [0, 0.1) is 17.7 Å². The Balaban J connectivity index is 1.63. The van der Waals surface area contributed by atoms with Crippen LogP contribution >= 0.6 is 0 Å². The molecule has 2 atom stereocenters. The summed E-state index contributed by atoms with van der Waals surface area (Å²) in [5.74, 6) is 1.23. The SMILES string of the molecule is CC1CCCC(CNc2ccc(-n3cncn3)c(F)c2)C1. The highest BCUT2D eigenvalue weighted by atomic mass is 19.1. The maximum Gasteiger partial charge on any atom is 0.150 e. The van der Waals surface area contributed by atoms with E-state index in [0.717, 1.165) is 18.2 Å². The minimum absolute atomic E-state index is 0.289. The Kier molecular flexibility index (Phi) is 4.18. The molecular weight excluding hydrogens is 267 g/mol. The molecule has 1 aromatic carbocycles. The van der Waals surface area contributed by atoms with Crippen molar-refractivity contribution in [3.05, 3.63) is 36.7 Å². The number of benzene rings is 1. The molecule has 3 rings (SSSR count). The van der Waals surface area contributed by atoms with Crippen molar-refractivity contribution < 1.29 is 4.39 Å².